The third-order valence-electron chi connectivity index (χ3n) is 2.22. The maximum absolute atomic E-state index is 12.7. The smallest absolute Gasteiger partial charge is 0.224 e. The van der Waals surface area contributed by atoms with Crippen molar-refractivity contribution in [3.8, 4) is 6.07 Å². The van der Waals surface area contributed by atoms with Crippen molar-refractivity contribution < 1.29 is 21.6 Å². The van der Waals surface area contributed by atoms with Crippen LogP contribution < -0.4 is 0 Å². The van der Waals surface area contributed by atoms with Crippen LogP contribution in [0.15, 0.2) is 29.2 Å². The largest absolute Gasteiger partial charge is 0.417 e. The van der Waals surface area contributed by atoms with E-state index in [4.69, 9.17) is 5.26 Å². The van der Waals surface area contributed by atoms with E-state index < -0.39 is 38.1 Å². The van der Waals surface area contributed by atoms with Crippen molar-refractivity contribution in [2.24, 2.45) is 5.92 Å². The molecule has 1 rings (SSSR count). The number of nitriles is 1. The summed E-state index contributed by atoms with van der Waals surface area (Å²) in [6.07, 6.45) is -4.74. The van der Waals surface area contributed by atoms with Gasteiger partial charge in [0.05, 0.1) is 28.2 Å². The summed E-state index contributed by atoms with van der Waals surface area (Å²) in [5.41, 5.74) is -1.20. The molecule has 1 aromatic carbocycles. The molecule has 1 atom stereocenters. The Labute approximate surface area is 103 Å². The van der Waals surface area contributed by atoms with Gasteiger partial charge in [0.2, 0.25) is 0 Å². The first-order valence-corrected chi connectivity index (χ1v) is 6.62. The number of nitrogens with zero attached hydrogens (tertiary/aromatic N) is 1. The Balaban J connectivity index is 3.31. The van der Waals surface area contributed by atoms with E-state index in [0.29, 0.717) is 6.07 Å². The van der Waals surface area contributed by atoms with Crippen molar-refractivity contribution in [3.63, 3.8) is 0 Å². The molecule has 1 unspecified atom stereocenters. The second kappa shape index (κ2) is 4.98. The molecule has 7 heteroatoms. The first-order valence-electron chi connectivity index (χ1n) is 4.97. The number of alkyl halides is 3. The van der Waals surface area contributed by atoms with Gasteiger partial charge in [0.25, 0.3) is 0 Å². The highest BCUT2D eigenvalue weighted by atomic mass is 32.2. The summed E-state index contributed by atoms with van der Waals surface area (Å²) in [5, 5.41) is 8.54. The van der Waals surface area contributed by atoms with Gasteiger partial charge in [0.15, 0.2) is 9.84 Å². The Kier molecular flexibility index (Phi) is 4.02. The van der Waals surface area contributed by atoms with Crippen LogP contribution in [0.2, 0.25) is 0 Å². The summed E-state index contributed by atoms with van der Waals surface area (Å²) in [6.45, 7) is 1.34. The highest BCUT2D eigenvalue weighted by molar-refractivity contribution is 7.91. The van der Waals surface area contributed by atoms with E-state index in [-0.39, 0.29) is 0 Å². The van der Waals surface area contributed by atoms with Crippen LogP contribution in [0.4, 0.5) is 13.2 Å². The summed E-state index contributed by atoms with van der Waals surface area (Å²) in [7, 11) is -4.13. The normalized spacial score (nSPS) is 13.9. The van der Waals surface area contributed by atoms with E-state index in [0.717, 1.165) is 12.1 Å². The third kappa shape index (κ3) is 3.23. The Morgan fingerprint density at radius 2 is 1.89 bits per heavy atom. The molecule has 0 amide bonds. The van der Waals surface area contributed by atoms with Crippen LogP contribution >= 0.6 is 0 Å². The van der Waals surface area contributed by atoms with E-state index in [9.17, 15) is 21.6 Å². The lowest BCUT2D eigenvalue weighted by atomic mass is 10.2. The molecule has 18 heavy (non-hydrogen) atoms. The molecule has 0 aliphatic rings. The van der Waals surface area contributed by atoms with Crippen LogP contribution in [0.5, 0.6) is 0 Å². The van der Waals surface area contributed by atoms with Crippen molar-refractivity contribution >= 4 is 9.84 Å². The predicted octanol–water partition coefficient (Wildman–Crippen LogP) is 2.64. The molecular weight excluding hydrogens is 267 g/mol. The van der Waals surface area contributed by atoms with E-state index in [1.165, 1.54) is 13.0 Å². The minimum Gasteiger partial charge on any atom is -0.224 e. The van der Waals surface area contributed by atoms with Crippen LogP contribution in [0.3, 0.4) is 0 Å². The lowest BCUT2D eigenvalue weighted by molar-refractivity contribution is -0.139. The fourth-order valence-electron chi connectivity index (χ4n) is 1.43. The summed E-state index contributed by atoms with van der Waals surface area (Å²) in [6, 6.07) is 5.65. The molecule has 0 aromatic heterocycles. The van der Waals surface area contributed by atoms with Crippen molar-refractivity contribution in [3.05, 3.63) is 29.8 Å². The number of halogens is 3. The summed E-state index contributed by atoms with van der Waals surface area (Å²) < 4.78 is 61.6. The Bertz CT molecular complexity index is 573. The van der Waals surface area contributed by atoms with Gasteiger partial charge in [-0.1, -0.05) is 12.1 Å². The molecule has 0 aliphatic heterocycles. The van der Waals surface area contributed by atoms with Gasteiger partial charge in [-0.15, -0.1) is 0 Å². The minimum absolute atomic E-state index is 0.628. The van der Waals surface area contributed by atoms with Crippen molar-refractivity contribution in [2.45, 2.75) is 18.0 Å². The van der Waals surface area contributed by atoms with Gasteiger partial charge >= 0.3 is 6.18 Å². The summed E-state index contributed by atoms with van der Waals surface area (Å²) in [4.78, 5) is -0.778. The molecule has 0 radical (unpaired) electrons. The molecule has 0 heterocycles. The highest BCUT2D eigenvalue weighted by Crippen LogP contribution is 2.34. The van der Waals surface area contributed by atoms with Crippen molar-refractivity contribution in [1.82, 2.24) is 0 Å². The lowest BCUT2D eigenvalue weighted by Gasteiger charge is -2.13. The Morgan fingerprint density at radius 1 is 1.33 bits per heavy atom. The summed E-state index contributed by atoms with van der Waals surface area (Å²) >= 11 is 0. The second-order valence-electron chi connectivity index (χ2n) is 3.81. The second-order valence-corrected chi connectivity index (χ2v) is 5.81. The average Bonchev–Trinajstić information content (AvgIpc) is 2.27. The number of rotatable bonds is 3. The number of hydrogen-bond donors (Lipinski definition) is 0. The topological polar surface area (TPSA) is 57.9 Å². The van der Waals surface area contributed by atoms with Crippen LogP contribution in [-0.2, 0) is 16.0 Å². The fourth-order valence-corrected chi connectivity index (χ4v) is 3.15. The highest BCUT2D eigenvalue weighted by Gasteiger charge is 2.37. The monoisotopic (exact) mass is 277 g/mol. The van der Waals surface area contributed by atoms with Crippen LogP contribution in [0.1, 0.15) is 12.5 Å². The van der Waals surface area contributed by atoms with Gasteiger partial charge in [0.1, 0.15) is 0 Å². The molecular formula is C11H10F3NO2S. The van der Waals surface area contributed by atoms with Gasteiger partial charge in [-0.2, -0.15) is 18.4 Å². The SMILES string of the molecule is CC(C#N)CS(=O)(=O)c1ccccc1C(F)(F)F. The van der Waals surface area contributed by atoms with Crippen LogP contribution in [-0.4, -0.2) is 14.2 Å². The zero-order valence-electron chi connectivity index (χ0n) is 9.40. The summed E-state index contributed by atoms with van der Waals surface area (Å²) in [5.74, 6) is -1.49. The van der Waals surface area contributed by atoms with E-state index in [1.54, 1.807) is 6.07 Å². The van der Waals surface area contributed by atoms with E-state index in [1.807, 2.05) is 0 Å². The maximum atomic E-state index is 12.7. The molecule has 0 bridgehead atoms. The van der Waals surface area contributed by atoms with Gasteiger partial charge in [0, 0.05) is 0 Å². The molecule has 0 spiro atoms. The molecule has 1 aromatic rings. The predicted molar refractivity (Wildman–Crippen MR) is 58.3 cm³/mol. The van der Waals surface area contributed by atoms with Gasteiger partial charge in [-0.25, -0.2) is 8.42 Å². The van der Waals surface area contributed by atoms with Crippen LogP contribution in [0.25, 0.3) is 0 Å². The number of benzene rings is 1. The van der Waals surface area contributed by atoms with Crippen molar-refractivity contribution in [2.75, 3.05) is 5.75 Å². The Morgan fingerprint density at radius 3 is 2.39 bits per heavy atom. The lowest BCUT2D eigenvalue weighted by Crippen LogP contribution is -2.18. The van der Waals surface area contributed by atoms with Crippen LogP contribution in [0, 0.1) is 17.2 Å². The van der Waals surface area contributed by atoms with Crippen molar-refractivity contribution in [1.29, 1.82) is 5.26 Å². The molecule has 98 valence electrons. The van der Waals surface area contributed by atoms with Gasteiger partial charge < -0.3 is 0 Å². The molecule has 3 nitrogen and oxygen atoms in total. The first kappa shape index (κ1) is 14.5. The molecule has 0 saturated carbocycles. The van der Waals surface area contributed by atoms with E-state index in [2.05, 4.69) is 0 Å². The third-order valence-corrected chi connectivity index (χ3v) is 4.18. The quantitative estimate of drug-likeness (QED) is 0.853. The first-order chi connectivity index (χ1) is 8.18. The minimum atomic E-state index is -4.74. The zero-order valence-corrected chi connectivity index (χ0v) is 10.2. The fraction of sp³-hybridized carbons (Fsp3) is 0.364. The maximum Gasteiger partial charge on any atom is 0.417 e. The molecule has 0 saturated heterocycles. The van der Waals surface area contributed by atoms with Gasteiger partial charge in [-0.05, 0) is 19.1 Å². The molecule has 0 fully saturated rings. The zero-order chi connectivity index (χ0) is 14.0. The molecule has 0 N–H and O–H groups in total. The van der Waals surface area contributed by atoms with Gasteiger partial charge in [-0.3, -0.25) is 0 Å². The Hall–Kier alpha value is -1.55. The number of sulfone groups is 1. The molecule has 0 aliphatic carbocycles. The average molecular weight is 277 g/mol. The number of hydrogen-bond acceptors (Lipinski definition) is 3. The van der Waals surface area contributed by atoms with E-state index >= 15 is 0 Å². The standard InChI is InChI=1S/C11H10F3NO2S/c1-8(6-15)7-18(16,17)10-5-3-2-4-9(10)11(12,13)14/h2-5,8H,7H2,1H3.